The molecule has 0 atom stereocenters. The molecule has 0 bridgehead atoms. The van der Waals surface area contributed by atoms with Crippen LogP contribution in [0.15, 0.2) is 59.6 Å². The topological polar surface area (TPSA) is 59.5 Å². The van der Waals surface area contributed by atoms with Crippen LogP contribution in [0.3, 0.4) is 0 Å². The second-order valence-corrected chi connectivity index (χ2v) is 9.54. The Kier molecular flexibility index (Phi) is 5.85. The predicted molar refractivity (Wildman–Crippen MR) is 111 cm³/mol. The van der Waals surface area contributed by atoms with Crippen molar-refractivity contribution in [1.29, 1.82) is 0 Å². The molecule has 0 aliphatic carbocycles. The average molecular weight is 471 g/mol. The quantitative estimate of drug-likeness (QED) is 0.530. The Hall–Kier alpha value is -2.36. The SMILES string of the molecule is O=S(=O)(c1ccc(Cl)c(C(F)(F)F)c1)N1CCC(Oc2cccc3cccnc23)CC1. The lowest BCUT2D eigenvalue weighted by molar-refractivity contribution is -0.137. The van der Waals surface area contributed by atoms with Gasteiger partial charge in [-0.15, -0.1) is 0 Å². The number of fused-ring (bicyclic) bond motifs is 1. The fourth-order valence-electron chi connectivity index (χ4n) is 3.57. The molecule has 31 heavy (non-hydrogen) atoms. The van der Waals surface area contributed by atoms with Crippen LogP contribution in [0.25, 0.3) is 10.9 Å². The van der Waals surface area contributed by atoms with Crippen molar-refractivity contribution in [2.75, 3.05) is 13.1 Å². The molecule has 1 aliphatic heterocycles. The molecule has 1 aliphatic rings. The zero-order chi connectivity index (χ0) is 22.2. The zero-order valence-electron chi connectivity index (χ0n) is 16.1. The number of sulfonamides is 1. The molecule has 0 N–H and O–H groups in total. The first-order valence-electron chi connectivity index (χ1n) is 9.53. The summed E-state index contributed by atoms with van der Waals surface area (Å²) in [5.41, 5.74) is -0.446. The van der Waals surface area contributed by atoms with E-state index < -0.39 is 31.7 Å². The number of hydrogen-bond donors (Lipinski definition) is 0. The third kappa shape index (κ3) is 4.49. The molecule has 5 nitrogen and oxygen atoms in total. The highest BCUT2D eigenvalue weighted by atomic mass is 35.5. The van der Waals surface area contributed by atoms with Crippen LogP contribution in [0.4, 0.5) is 13.2 Å². The zero-order valence-corrected chi connectivity index (χ0v) is 17.7. The van der Waals surface area contributed by atoms with Gasteiger partial charge in [0.05, 0.1) is 15.5 Å². The number of ether oxygens (including phenoxy) is 1. The van der Waals surface area contributed by atoms with Gasteiger partial charge in [0.25, 0.3) is 0 Å². The average Bonchev–Trinajstić information content (AvgIpc) is 2.74. The van der Waals surface area contributed by atoms with E-state index in [4.69, 9.17) is 16.3 Å². The number of pyridine rings is 1. The molecule has 2 heterocycles. The van der Waals surface area contributed by atoms with Crippen LogP contribution in [0.5, 0.6) is 5.75 Å². The summed E-state index contributed by atoms with van der Waals surface area (Å²) in [7, 11) is -4.09. The van der Waals surface area contributed by atoms with Gasteiger partial charge in [-0.2, -0.15) is 17.5 Å². The number of para-hydroxylation sites is 1. The molecule has 164 valence electrons. The van der Waals surface area contributed by atoms with Crippen LogP contribution in [-0.2, 0) is 16.2 Å². The van der Waals surface area contributed by atoms with Crippen molar-refractivity contribution in [2.24, 2.45) is 0 Å². The van der Waals surface area contributed by atoms with E-state index in [1.807, 2.05) is 30.3 Å². The molecule has 0 unspecified atom stereocenters. The molecule has 3 aromatic rings. The van der Waals surface area contributed by atoms with E-state index in [1.54, 1.807) is 6.20 Å². The molecule has 1 saturated heterocycles. The van der Waals surface area contributed by atoms with Crippen molar-refractivity contribution in [3.05, 3.63) is 65.3 Å². The third-order valence-corrected chi connectivity index (χ3v) is 7.40. The number of hydrogen-bond acceptors (Lipinski definition) is 4. The Morgan fingerprint density at radius 1 is 1.06 bits per heavy atom. The van der Waals surface area contributed by atoms with Crippen molar-refractivity contribution in [3.8, 4) is 5.75 Å². The minimum atomic E-state index is -4.74. The summed E-state index contributed by atoms with van der Waals surface area (Å²) >= 11 is 5.60. The lowest BCUT2D eigenvalue weighted by atomic mass is 10.1. The minimum Gasteiger partial charge on any atom is -0.488 e. The lowest BCUT2D eigenvalue weighted by Gasteiger charge is -2.31. The molecule has 0 amide bonds. The molecule has 2 aromatic carbocycles. The second kappa shape index (κ2) is 8.29. The first-order valence-corrected chi connectivity index (χ1v) is 11.4. The normalized spacial score (nSPS) is 16.5. The molecule has 0 saturated carbocycles. The van der Waals surface area contributed by atoms with Crippen LogP contribution in [0.2, 0.25) is 5.02 Å². The standard InChI is InChI=1S/C21H18ClF3N2O3S/c22-18-7-6-16(13-17(18)21(23,24)25)31(28,29)27-11-8-15(9-12-27)30-19-5-1-3-14-4-2-10-26-20(14)19/h1-7,10,13,15H,8-9,11-12H2. The Morgan fingerprint density at radius 3 is 2.48 bits per heavy atom. The summed E-state index contributed by atoms with van der Waals surface area (Å²) in [6, 6.07) is 12.0. The van der Waals surface area contributed by atoms with Gasteiger partial charge in [-0.1, -0.05) is 29.8 Å². The van der Waals surface area contributed by atoms with Crippen LogP contribution in [0, 0.1) is 0 Å². The van der Waals surface area contributed by atoms with E-state index in [9.17, 15) is 21.6 Å². The summed E-state index contributed by atoms with van der Waals surface area (Å²) < 4.78 is 72.3. The number of halogens is 4. The molecule has 10 heteroatoms. The lowest BCUT2D eigenvalue weighted by Crippen LogP contribution is -2.41. The maximum Gasteiger partial charge on any atom is 0.417 e. The van der Waals surface area contributed by atoms with Crippen molar-refractivity contribution in [3.63, 3.8) is 0 Å². The number of aromatic nitrogens is 1. The summed E-state index contributed by atoms with van der Waals surface area (Å²) in [6.45, 7) is 0.268. The fourth-order valence-corrected chi connectivity index (χ4v) is 5.29. The monoisotopic (exact) mass is 470 g/mol. The predicted octanol–water partition coefficient (Wildman–Crippen LogP) is 5.14. The van der Waals surface area contributed by atoms with Crippen molar-refractivity contribution >= 4 is 32.5 Å². The fraction of sp³-hybridized carbons (Fsp3) is 0.286. The minimum absolute atomic E-state index is 0.134. The highest BCUT2D eigenvalue weighted by Crippen LogP contribution is 2.37. The van der Waals surface area contributed by atoms with Crippen molar-refractivity contribution < 1.29 is 26.3 Å². The van der Waals surface area contributed by atoms with Crippen LogP contribution >= 0.6 is 11.6 Å². The first-order chi connectivity index (χ1) is 14.7. The van der Waals surface area contributed by atoms with E-state index in [1.165, 1.54) is 4.31 Å². The Bertz CT molecular complexity index is 1200. The molecule has 1 aromatic heterocycles. The van der Waals surface area contributed by atoms with E-state index in [-0.39, 0.29) is 19.2 Å². The Balaban J connectivity index is 1.48. The summed E-state index contributed by atoms with van der Waals surface area (Å²) in [4.78, 5) is 3.91. The van der Waals surface area contributed by atoms with Gasteiger partial charge < -0.3 is 4.74 Å². The summed E-state index contributed by atoms with van der Waals surface area (Å²) in [5, 5.41) is 0.394. The van der Waals surface area contributed by atoms with Gasteiger partial charge in [0, 0.05) is 24.7 Å². The van der Waals surface area contributed by atoms with Gasteiger partial charge in [0.1, 0.15) is 17.4 Å². The molecule has 1 fully saturated rings. The van der Waals surface area contributed by atoms with Crippen LogP contribution in [-0.4, -0.2) is 36.9 Å². The number of nitrogens with zero attached hydrogens (tertiary/aromatic N) is 2. The van der Waals surface area contributed by atoms with Gasteiger partial charge in [-0.25, -0.2) is 8.42 Å². The first kappa shape index (κ1) is 21.9. The maximum atomic E-state index is 13.1. The van der Waals surface area contributed by atoms with Crippen LogP contribution in [0.1, 0.15) is 18.4 Å². The van der Waals surface area contributed by atoms with Gasteiger partial charge >= 0.3 is 6.18 Å². The molecular weight excluding hydrogens is 453 g/mol. The van der Waals surface area contributed by atoms with E-state index >= 15 is 0 Å². The summed E-state index contributed by atoms with van der Waals surface area (Å²) in [5.74, 6) is 0.618. The van der Waals surface area contributed by atoms with Crippen LogP contribution < -0.4 is 4.74 Å². The van der Waals surface area contributed by atoms with Crippen molar-refractivity contribution in [2.45, 2.75) is 30.0 Å². The Labute approximate surface area is 182 Å². The molecular formula is C21H18ClF3N2O3S. The van der Waals surface area contributed by atoms with Gasteiger partial charge in [0.15, 0.2) is 0 Å². The van der Waals surface area contributed by atoms with Gasteiger partial charge in [-0.3, -0.25) is 4.98 Å². The maximum absolute atomic E-state index is 13.1. The third-order valence-electron chi connectivity index (χ3n) is 5.17. The molecule has 4 rings (SSSR count). The largest absolute Gasteiger partial charge is 0.488 e. The molecule has 0 radical (unpaired) electrons. The Morgan fingerprint density at radius 2 is 1.77 bits per heavy atom. The van der Waals surface area contributed by atoms with Gasteiger partial charge in [0.2, 0.25) is 10.0 Å². The highest BCUT2D eigenvalue weighted by Gasteiger charge is 2.36. The number of piperidine rings is 1. The highest BCUT2D eigenvalue weighted by molar-refractivity contribution is 7.89. The number of alkyl halides is 3. The summed E-state index contributed by atoms with van der Waals surface area (Å²) in [6.07, 6.45) is -2.48. The smallest absolute Gasteiger partial charge is 0.417 e. The number of rotatable bonds is 4. The second-order valence-electron chi connectivity index (χ2n) is 7.19. The van der Waals surface area contributed by atoms with Crippen molar-refractivity contribution in [1.82, 2.24) is 9.29 Å². The molecule has 0 spiro atoms. The van der Waals surface area contributed by atoms with E-state index in [0.29, 0.717) is 24.7 Å². The van der Waals surface area contributed by atoms with Gasteiger partial charge in [-0.05, 0) is 43.2 Å². The number of benzene rings is 2. The van der Waals surface area contributed by atoms with E-state index in [2.05, 4.69) is 4.98 Å². The van der Waals surface area contributed by atoms with E-state index in [0.717, 1.165) is 23.0 Å².